The fourth-order valence-electron chi connectivity index (χ4n) is 3.41. The summed E-state index contributed by atoms with van der Waals surface area (Å²) in [4.78, 5) is 13.0. The first kappa shape index (κ1) is 19.4. The van der Waals surface area contributed by atoms with Crippen LogP contribution in [0.5, 0.6) is 5.75 Å². The third kappa shape index (κ3) is 3.35. The van der Waals surface area contributed by atoms with Crippen LogP contribution in [0, 0.1) is 5.82 Å². The van der Waals surface area contributed by atoms with Gasteiger partial charge in [0.15, 0.2) is 17.3 Å². The molecule has 3 aromatic heterocycles. The van der Waals surface area contributed by atoms with Crippen molar-refractivity contribution in [2.24, 2.45) is 0 Å². The second-order valence-corrected chi connectivity index (χ2v) is 6.87. The highest BCUT2D eigenvalue weighted by atomic mass is 19.1. The predicted octanol–water partition coefficient (Wildman–Crippen LogP) is 3.42. The molecule has 9 heteroatoms. The van der Waals surface area contributed by atoms with Crippen LogP contribution in [-0.4, -0.2) is 36.5 Å². The molecule has 32 heavy (non-hydrogen) atoms. The van der Waals surface area contributed by atoms with Crippen molar-refractivity contribution in [2.75, 3.05) is 7.11 Å². The first-order valence-corrected chi connectivity index (χ1v) is 9.73. The Kier molecular flexibility index (Phi) is 4.83. The zero-order valence-corrected chi connectivity index (χ0v) is 17.0. The van der Waals surface area contributed by atoms with Crippen LogP contribution in [0.4, 0.5) is 4.39 Å². The molecule has 0 N–H and O–H groups in total. The number of hydrogen-bond donors (Lipinski definition) is 0. The van der Waals surface area contributed by atoms with E-state index in [2.05, 4.69) is 15.3 Å². The van der Waals surface area contributed by atoms with Gasteiger partial charge in [-0.1, -0.05) is 18.2 Å². The average Bonchev–Trinajstić information content (AvgIpc) is 3.52. The van der Waals surface area contributed by atoms with Gasteiger partial charge < -0.3 is 4.74 Å². The van der Waals surface area contributed by atoms with Gasteiger partial charge in [0.1, 0.15) is 5.69 Å². The van der Waals surface area contributed by atoms with Crippen LogP contribution in [0.25, 0.3) is 28.5 Å². The lowest BCUT2D eigenvalue weighted by atomic mass is 10.2. The predicted molar refractivity (Wildman–Crippen MR) is 116 cm³/mol. The quantitative estimate of drug-likeness (QED) is 0.429. The summed E-state index contributed by atoms with van der Waals surface area (Å²) in [5.74, 6) is -0.495. The Morgan fingerprint density at radius 3 is 2.47 bits per heavy atom. The lowest BCUT2D eigenvalue weighted by Gasteiger charge is -2.13. The van der Waals surface area contributed by atoms with Gasteiger partial charge >= 0.3 is 0 Å². The van der Waals surface area contributed by atoms with E-state index in [0.29, 0.717) is 11.4 Å². The number of aromatic nitrogens is 6. The topological polar surface area (TPSA) is 79.8 Å². The molecule has 0 atom stereocenters. The third-order valence-corrected chi connectivity index (χ3v) is 4.94. The molecule has 0 amide bonds. The highest BCUT2D eigenvalue weighted by molar-refractivity contribution is 5.59. The summed E-state index contributed by atoms with van der Waals surface area (Å²) in [7, 11) is 1.39. The summed E-state index contributed by atoms with van der Waals surface area (Å²) in [6, 6.07) is 17.4. The fourth-order valence-corrected chi connectivity index (χ4v) is 3.41. The molecular formula is C23H17FN6O2. The first-order valence-electron chi connectivity index (χ1n) is 9.73. The largest absolute Gasteiger partial charge is 0.491 e. The molecule has 0 aliphatic rings. The molecular weight excluding hydrogens is 411 g/mol. The minimum atomic E-state index is -0.529. The van der Waals surface area contributed by atoms with Crippen molar-refractivity contribution in [3.63, 3.8) is 0 Å². The molecule has 0 aliphatic heterocycles. The molecule has 0 saturated carbocycles. The van der Waals surface area contributed by atoms with E-state index in [0.717, 1.165) is 5.69 Å². The molecule has 3 heterocycles. The normalized spacial score (nSPS) is 10.9. The minimum Gasteiger partial charge on any atom is -0.491 e. The van der Waals surface area contributed by atoms with Crippen molar-refractivity contribution >= 4 is 0 Å². The Labute approximate surface area is 181 Å². The average molecular weight is 428 g/mol. The van der Waals surface area contributed by atoms with Crippen molar-refractivity contribution in [3.05, 3.63) is 101 Å². The summed E-state index contributed by atoms with van der Waals surface area (Å²) in [5, 5.41) is 12.9. The number of rotatable bonds is 5. The number of hydrogen-bond acceptors (Lipinski definition) is 5. The smallest absolute Gasteiger partial charge is 0.251 e. The summed E-state index contributed by atoms with van der Waals surface area (Å²) in [6.07, 6.45) is 6.27. The minimum absolute atomic E-state index is 0.0337. The van der Waals surface area contributed by atoms with E-state index in [-0.39, 0.29) is 17.1 Å². The summed E-state index contributed by atoms with van der Waals surface area (Å²) >= 11 is 0. The molecule has 0 fully saturated rings. The lowest BCUT2D eigenvalue weighted by molar-refractivity contribution is 0.405. The van der Waals surface area contributed by atoms with Crippen molar-refractivity contribution in [3.8, 4) is 34.2 Å². The van der Waals surface area contributed by atoms with E-state index in [9.17, 15) is 4.79 Å². The molecule has 0 radical (unpaired) electrons. The maximum absolute atomic E-state index is 15.0. The lowest BCUT2D eigenvalue weighted by Crippen LogP contribution is -2.18. The number of halogens is 1. The highest BCUT2D eigenvalue weighted by Gasteiger charge is 2.19. The van der Waals surface area contributed by atoms with E-state index < -0.39 is 11.2 Å². The SMILES string of the molecule is COc1cn(-c2ccc(-n3cccn3)cc2F)nc(-c2ccnn2-c2ccccc2)c1=O. The van der Waals surface area contributed by atoms with Crippen molar-refractivity contribution in [1.29, 1.82) is 0 Å². The van der Waals surface area contributed by atoms with Gasteiger partial charge in [-0.15, -0.1) is 0 Å². The van der Waals surface area contributed by atoms with Crippen molar-refractivity contribution in [2.45, 2.75) is 0 Å². The third-order valence-electron chi connectivity index (χ3n) is 4.94. The molecule has 0 aliphatic carbocycles. The molecule has 8 nitrogen and oxygen atoms in total. The standard InChI is InChI=1S/C23H17FN6O2/c1-32-21-15-29(19-9-8-17(14-18(19)24)28-13-5-11-25-28)27-22(23(21)31)20-10-12-26-30(20)16-6-3-2-4-7-16/h2-15H,1H3. The van der Waals surface area contributed by atoms with Gasteiger partial charge in [0.05, 0.1) is 36.6 Å². The molecule has 2 aromatic carbocycles. The Bertz CT molecular complexity index is 1440. The molecule has 5 rings (SSSR count). The van der Waals surface area contributed by atoms with Crippen LogP contribution in [-0.2, 0) is 0 Å². The number of benzene rings is 2. The van der Waals surface area contributed by atoms with Crippen LogP contribution in [0.15, 0.2) is 90.2 Å². The Morgan fingerprint density at radius 1 is 0.906 bits per heavy atom. The monoisotopic (exact) mass is 428 g/mol. The maximum Gasteiger partial charge on any atom is 0.251 e. The molecule has 0 unspecified atom stereocenters. The maximum atomic E-state index is 15.0. The van der Waals surface area contributed by atoms with Crippen LogP contribution >= 0.6 is 0 Å². The zero-order chi connectivity index (χ0) is 22.1. The van der Waals surface area contributed by atoms with E-state index in [4.69, 9.17) is 4.74 Å². The second kappa shape index (κ2) is 7.95. The van der Waals surface area contributed by atoms with Gasteiger partial charge in [0.2, 0.25) is 0 Å². The Balaban J connectivity index is 1.66. The Hall–Kier alpha value is -4.53. The summed E-state index contributed by atoms with van der Waals surface area (Å²) in [5.41, 5.74) is 1.61. The Morgan fingerprint density at radius 2 is 1.75 bits per heavy atom. The van der Waals surface area contributed by atoms with Crippen LogP contribution in [0.3, 0.4) is 0 Å². The second-order valence-electron chi connectivity index (χ2n) is 6.87. The number of para-hydroxylation sites is 1. The number of methoxy groups -OCH3 is 1. The highest BCUT2D eigenvalue weighted by Crippen LogP contribution is 2.22. The van der Waals surface area contributed by atoms with Gasteiger partial charge in [-0.25, -0.2) is 18.4 Å². The van der Waals surface area contributed by atoms with Gasteiger partial charge in [-0.05, 0) is 36.4 Å². The van der Waals surface area contributed by atoms with Gasteiger partial charge in [0, 0.05) is 18.5 Å². The molecule has 0 bridgehead atoms. The van der Waals surface area contributed by atoms with Crippen molar-refractivity contribution in [1.82, 2.24) is 29.3 Å². The first-order chi connectivity index (χ1) is 15.7. The summed E-state index contributed by atoms with van der Waals surface area (Å²) < 4.78 is 24.8. The van der Waals surface area contributed by atoms with Gasteiger partial charge in [-0.3, -0.25) is 4.79 Å². The van der Waals surface area contributed by atoms with E-state index in [1.165, 1.54) is 24.1 Å². The molecule has 158 valence electrons. The molecule has 0 spiro atoms. The zero-order valence-electron chi connectivity index (χ0n) is 17.0. The number of ether oxygens (including phenoxy) is 1. The molecule has 5 aromatic rings. The van der Waals surface area contributed by atoms with Crippen molar-refractivity contribution < 1.29 is 9.13 Å². The molecule has 0 saturated heterocycles. The van der Waals surface area contributed by atoms with Crippen LogP contribution in [0.1, 0.15) is 0 Å². The number of nitrogens with zero attached hydrogens (tertiary/aromatic N) is 6. The van der Waals surface area contributed by atoms with Gasteiger partial charge in [-0.2, -0.15) is 15.3 Å². The van der Waals surface area contributed by atoms with Gasteiger partial charge in [0.25, 0.3) is 5.43 Å². The summed E-state index contributed by atoms with van der Waals surface area (Å²) in [6.45, 7) is 0. The fraction of sp³-hybridized carbons (Fsp3) is 0.0435. The van der Waals surface area contributed by atoms with E-state index >= 15 is 4.39 Å². The van der Waals surface area contributed by atoms with E-state index in [1.807, 2.05) is 30.3 Å². The van der Waals surface area contributed by atoms with Crippen LogP contribution in [0.2, 0.25) is 0 Å². The van der Waals surface area contributed by atoms with Crippen LogP contribution < -0.4 is 10.2 Å². The van der Waals surface area contributed by atoms with E-state index in [1.54, 1.807) is 52.2 Å².